The molecule has 0 aliphatic rings. The normalized spacial score (nSPS) is 14.4. The summed E-state index contributed by atoms with van der Waals surface area (Å²) < 4.78 is 28.2. The molecule has 4 nitrogen and oxygen atoms in total. The van der Waals surface area contributed by atoms with Gasteiger partial charge in [-0.05, 0) is 31.5 Å². The first-order valence-corrected chi connectivity index (χ1v) is 6.04. The van der Waals surface area contributed by atoms with E-state index in [1.54, 1.807) is 11.6 Å². The largest absolute Gasteiger partial charge is 0.321 e. The Morgan fingerprint density at radius 2 is 1.89 bits per heavy atom. The standard InChI is InChI=1S/C13H16F2N4/c1-3-19-12(17-8-18-19)7-13(2,16)9-4-10(14)6-11(15)5-9/h4-6,8H,3,7,16H2,1-2H3. The van der Waals surface area contributed by atoms with Crippen LogP contribution in [0.1, 0.15) is 25.2 Å². The molecule has 0 saturated carbocycles. The van der Waals surface area contributed by atoms with Crippen LogP contribution in [0.25, 0.3) is 0 Å². The molecule has 1 heterocycles. The molecule has 1 aromatic heterocycles. The number of rotatable bonds is 4. The average Bonchev–Trinajstić information content (AvgIpc) is 2.74. The monoisotopic (exact) mass is 266 g/mol. The number of halogens is 2. The second kappa shape index (κ2) is 5.05. The minimum atomic E-state index is -0.914. The molecule has 0 aliphatic heterocycles. The molecule has 2 N–H and O–H groups in total. The SMILES string of the molecule is CCn1ncnc1CC(C)(N)c1cc(F)cc(F)c1. The summed E-state index contributed by atoms with van der Waals surface area (Å²) >= 11 is 0. The highest BCUT2D eigenvalue weighted by atomic mass is 19.1. The molecule has 102 valence electrons. The van der Waals surface area contributed by atoms with Gasteiger partial charge in [0.15, 0.2) is 0 Å². The van der Waals surface area contributed by atoms with Crippen molar-refractivity contribution < 1.29 is 8.78 Å². The molecule has 1 aromatic carbocycles. The average molecular weight is 266 g/mol. The van der Waals surface area contributed by atoms with Gasteiger partial charge >= 0.3 is 0 Å². The first kappa shape index (κ1) is 13.6. The zero-order chi connectivity index (χ0) is 14.0. The third-order valence-corrected chi connectivity index (χ3v) is 3.04. The minimum absolute atomic E-state index is 0.351. The van der Waals surface area contributed by atoms with Gasteiger partial charge < -0.3 is 5.73 Å². The highest BCUT2D eigenvalue weighted by Gasteiger charge is 2.25. The second-order valence-corrected chi connectivity index (χ2v) is 4.74. The van der Waals surface area contributed by atoms with Crippen molar-refractivity contribution >= 4 is 0 Å². The Balaban J connectivity index is 2.31. The summed E-state index contributed by atoms with van der Waals surface area (Å²) in [4.78, 5) is 4.13. The second-order valence-electron chi connectivity index (χ2n) is 4.74. The summed E-state index contributed by atoms with van der Waals surface area (Å²) in [5.74, 6) is -0.579. The molecule has 0 saturated heterocycles. The predicted molar refractivity (Wildman–Crippen MR) is 67.3 cm³/mol. The van der Waals surface area contributed by atoms with E-state index < -0.39 is 17.2 Å². The fourth-order valence-electron chi connectivity index (χ4n) is 2.00. The van der Waals surface area contributed by atoms with Gasteiger partial charge in [-0.15, -0.1) is 0 Å². The van der Waals surface area contributed by atoms with Gasteiger partial charge in [0.25, 0.3) is 0 Å². The molecule has 0 spiro atoms. The molecule has 0 bridgehead atoms. The number of nitrogens with zero attached hydrogens (tertiary/aromatic N) is 3. The van der Waals surface area contributed by atoms with Crippen molar-refractivity contribution in [1.29, 1.82) is 0 Å². The molecule has 6 heteroatoms. The van der Waals surface area contributed by atoms with E-state index in [9.17, 15) is 8.78 Å². The molecule has 1 unspecified atom stereocenters. The van der Waals surface area contributed by atoms with Gasteiger partial charge in [-0.25, -0.2) is 13.8 Å². The van der Waals surface area contributed by atoms with Gasteiger partial charge in [0, 0.05) is 24.6 Å². The Kier molecular flexibility index (Phi) is 3.61. The van der Waals surface area contributed by atoms with Crippen molar-refractivity contribution in [3.8, 4) is 0 Å². The molecule has 0 amide bonds. The number of hydrogen-bond acceptors (Lipinski definition) is 3. The van der Waals surface area contributed by atoms with Gasteiger partial charge in [0.1, 0.15) is 23.8 Å². The van der Waals surface area contributed by atoms with E-state index in [4.69, 9.17) is 5.73 Å². The molecule has 0 fully saturated rings. The van der Waals surface area contributed by atoms with Crippen molar-refractivity contribution in [2.45, 2.75) is 32.4 Å². The van der Waals surface area contributed by atoms with Crippen molar-refractivity contribution in [2.24, 2.45) is 5.73 Å². The maximum absolute atomic E-state index is 13.3. The van der Waals surface area contributed by atoms with Crippen molar-refractivity contribution in [1.82, 2.24) is 14.8 Å². The molecular weight excluding hydrogens is 250 g/mol. The lowest BCUT2D eigenvalue weighted by Crippen LogP contribution is -2.36. The third kappa shape index (κ3) is 2.96. The van der Waals surface area contributed by atoms with Crippen molar-refractivity contribution in [3.05, 3.63) is 47.5 Å². The van der Waals surface area contributed by atoms with Crippen LogP contribution in [0.3, 0.4) is 0 Å². The maximum Gasteiger partial charge on any atom is 0.138 e. The molecular formula is C13H16F2N4. The van der Waals surface area contributed by atoms with Crippen LogP contribution < -0.4 is 5.73 Å². The summed E-state index contributed by atoms with van der Waals surface area (Å²) in [6, 6.07) is 3.32. The van der Waals surface area contributed by atoms with Crippen LogP contribution in [0.15, 0.2) is 24.5 Å². The number of nitrogens with two attached hydrogens (primary N) is 1. The minimum Gasteiger partial charge on any atom is -0.321 e. The quantitative estimate of drug-likeness (QED) is 0.920. The van der Waals surface area contributed by atoms with E-state index in [-0.39, 0.29) is 0 Å². The van der Waals surface area contributed by atoms with Crippen LogP contribution in [0.4, 0.5) is 8.78 Å². The molecule has 0 aliphatic carbocycles. The van der Waals surface area contributed by atoms with E-state index in [1.165, 1.54) is 18.5 Å². The van der Waals surface area contributed by atoms with Crippen molar-refractivity contribution in [3.63, 3.8) is 0 Å². The zero-order valence-electron chi connectivity index (χ0n) is 10.9. The van der Waals surface area contributed by atoms with Gasteiger partial charge in [0.2, 0.25) is 0 Å². The first-order chi connectivity index (χ1) is 8.92. The fraction of sp³-hybridized carbons (Fsp3) is 0.385. The maximum atomic E-state index is 13.3. The van der Waals surface area contributed by atoms with E-state index in [1.807, 2.05) is 6.92 Å². The van der Waals surface area contributed by atoms with Gasteiger partial charge in [-0.1, -0.05) is 0 Å². The summed E-state index contributed by atoms with van der Waals surface area (Å²) in [6.45, 7) is 4.33. The number of aryl methyl sites for hydroxylation is 1. The van der Waals surface area contributed by atoms with Crippen LogP contribution in [0.2, 0.25) is 0 Å². The van der Waals surface area contributed by atoms with Crippen LogP contribution in [0, 0.1) is 11.6 Å². The summed E-state index contributed by atoms with van der Waals surface area (Å²) in [5, 5.41) is 4.05. The van der Waals surface area contributed by atoms with E-state index in [0.717, 1.165) is 6.07 Å². The van der Waals surface area contributed by atoms with Crippen LogP contribution in [0.5, 0.6) is 0 Å². The Morgan fingerprint density at radius 1 is 1.26 bits per heavy atom. The predicted octanol–water partition coefficient (Wildman–Crippen LogP) is 1.99. The van der Waals surface area contributed by atoms with Gasteiger partial charge in [0.05, 0.1) is 0 Å². The smallest absolute Gasteiger partial charge is 0.138 e. The molecule has 0 radical (unpaired) electrons. The first-order valence-electron chi connectivity index (χ1n) is 6.04. The molecule has 19 heavy (non-hydrogen) atoms. The Bertz CT molecular complexity index is 558. The molecule has 2 aromatic rings. The van der Waals surface area contributed by atoms with E-state index >= 15 is 0 Å². The number of hydrogen-bond donors (Lipinski definition) is 1. The highest BCUT2D eigenvalue weighted by Crippen LogP contribution is 2.23. The van der Waals surface area contributed by atoms with E-state index in [2.05, 4.69) is 10.1 Å². The summed E-state index contributed by atoms with van der Waals surface area (Å²) in [7, 11) is 0. The van der Waals surface area contributed by atoms with E-state index in [0.29, 0.717) is 24.4 Å². The highest BCUT2D eigenvalue weighted by molar-refractivity contribution is 5.26. The summed E-state index contributed by atoms with van der Waals surface area (Å²) in [5.41, 5.74) is 5.66. The lowest BCUT2D eigenvalue weighted by molar-refractivity contribution is 0.449. The molecule has 1 atom stereocenters. The fourth-order valence-corrected chi connectivity index (χ4v) is 2.00. The zero-order valence-corrected chi connectivity index (χ0v) is 10.9. The topological polar surface area (TPSA) is 56.7 Å². The third-order valence-electron chi connectivity index (χ3n) is 3.04. The van der Waals surface area contributed by atoms with Crippen LogP contribution in [-0.4, -0.2) is 14.8 Å². The Morgan fingerprint density at radius 3 is 2.47 bits per heavy atom. The molecule has 2 rings (SSSR count). The number of benzene rings is 1. The Hall–Kier alpha value is -1.82. The Labute approximate surface area is 110 Å². The van der Waals surface area contributed by atoms with Gasteiger partial charge in [-0.2, -0.15) is 5.10 Å². The lowest BCUT2D eigenvalue weighted by Gasteiger charge is -2.25. The van der Waals surface area contributed by atoms with Crippen molar-refractivity contribution in [2.75, 3.05) is 0 Å². The van der Waals surface area contributed by atoms with Gasteiger partial charge in [-0.3, -0.25) is 4.68 Å². The van der Waals surface area contributed by atoms with Crippen LogP contribution in [-0.2, 0) is 18.5 Å². The summed E-state index contributed by atoms with van der Waals surface area (Å²) in [6.07, 6.45) is 1.80. The number of aromatic nitrogens is 3. The van der Waals surface area contributed by atoms with Crippen LogP contribution >= 0.6 is 0 Å². The lowest BCUT2D eigenvalue weighted by atomic mass is 9.89.